The minimum Gasteiger partial charge on any atom is -0.497 e. The van der Waals surface area contributed by atoms with Crippen LogP contribution in [0, 0.1) is 0 Å². The second-order valence-electron chi connectivity index (χ2n) is 4.45. The van der Waals surface area contributed by atoms with Gasteiger partial charge >= 0.3 is 0 Å². The van der Waals surface area contributed by atoms with E-state index >= 15 is 0 Å². The lowest BCUT2D eigenvalue weighted by atomic mass is 10.1. The van der Waals surface area contributed by atoms with E-state index in [9.17, 15) is 4.79 Å². The minimum absolute atomic E-state index is 0.0524. The summed E-state index contributed by atoms with van der Waals surface area (Å²) in [6.45, 7) is 0. The van der Waals surface area contributed by atoms with Crippen molar-refractivity contribution in [3.05, 3.63) is 48.0 Å². The van der Waals surface area contributed by atoms with Crippen LogP contribution in [0.4, 0.5) is 17.1 Å². The van der Waals surface area contributed by atoms with Crippen molar-refractivity contribution in [3.8, 4) is 5.75 Å². The SMILES string of the molecule is COc1ccc(Nc2ccc3c(c2)CC(=O)N3)cc1. The molecule has 0 saturated heterocycles. The van der Waals surface area contributed by atoms with Gasteiger partial charge in [-0.1, -0.05) is 0 Å². The third-order valence-corrected chi connectivity index (χ3v) is 3.11. The summed E-state index contributed by atoms with van der Waals surface area (Å²) in [5.41, 5.74) is 3.90. The summed E-state index contributed by atoms with van der Waals surface area (Å²) in [4.78, 5) is 11.3. The number of ether oxygens (including phenoxy) is 1. The Hall–Kier alpha value is -2.49. The largest absolute Gasteiger partial charge is 0.497 e. The van der Waals surface area contributed by atoms with Crippen LogP contribution >= 0.6 is 0 Å². The van der Waals surface area contributed by atoms with Gasteiger partial charge < -0.3 is 15.4 Å². The monoisotopic (exact) mass is 254 g/mol. The van der Waals surface area contributed by atoms with Crippen molar-refractivity contribution in [3.63, 3.8) is 0 Å². The van der Waals surface area contributed by atoms with Crippen LogP contribution in [0.15, 0.2) is 42.5 Å². The topological polar surface area (TPSA) is 50.4 Å². The normalized spacial score (nSPS) is 12.8. The van der Waals surface area contributed by atoms with E-state index in [1.807, 2.05) is 42.5 Å². The van der Waals surface area contributed by atoms with Crippen LogP contribution in [0.3, 0.4) is 0 Å². The quantitative estimate of drug-likeness (QED) is 0.885. The number of benzene rings is 2. The molecule has 1 amide bonds. The standard InChI is InChI=1S/C15H14N2O2/c1-19-13-5-2-11(3-6-13)16-12-4-7-14-10(8-12)9-15(18)17-14/h2-8,16H,9H2,1H3,(H,17,18). The van der Waals surface area contributed by atoms with E-state index in [0.29, 0.717) is 6.42 Å². The third kappa shape index (κ3) is 2.38. The van der Waals surface area contributed by atoms with Crippen molar-refractivity contribution >= 4 is 23.0 Å². The van der Waals surface area contributed by atoms with Crippen LogP contribution in [0.2, 0.25) is 0 Å². The number of carbonyl (C=O) groups excluding carboxylic acids is 1. The van der Waals surface area contributed by atoms with Gasteiger partial charge in [-0.3, -0.25) is 4.79 Å². The van der Waals surface area contributed by atoms with Gasteiger partial charge in [0.25, 0.3) is 0 Å². The van der Waals surface area contributed by atoms with Gasteiger partial charge in [-0.15, -0.1) is 0 Å². The molecule has 2 aromatic rings. The number of hydrogen-bond donors (Lipinski definition) is 2. The van der Waals surface area contributed by atoms with Crippen LogP contribution in [0.1, 0.15) is 5.56 Å². The highest BCUT2D eigenvalue weighted by atomic mass is 16.5. The van der Waals surface area contributed by atoms with E-state index in [4.69, 9.17) is 4.74 Å². The molecule has 2 aromatic carbocycles. The fraction of sp³-hybridized carbons (Fsp3) is 0.133. The lowest BCUT2D eigenvalue weighted by Crippen LogP contribution is -2.03. The predicted molar refractivity (Wildman–Crippen MR) is 75.1 cm³/mol. The fourth-order valence-electron chi connectivity index (χ4n) is 2.15. The molecular formula is C15H14N2O2. The summed E-state index contributed by atoms with van der Waals surface area (Å²) in [6, 6.07) is 13.6. The Labute approximate surface area is 111 Å². The van der Waals surface area contributed by atoms with Crippen molar-refractivity contribution in [1.82, 2.24) is 0 Å². The van der Waals surface area contributed by atoms with Crippen LogP contribution in [0.5, 0.6) is 5.75 Å². The zero-order valence-electron chi connectivity index (χ0n) is 10.6. The fourth-order valence-corrected chi connectivity index (χ4v) is 2.15. The Kier molecular flexibility index (Phi) is 2.83. The van der Waals surface area contributed by atoms with E-state index in [1.54, 1.807) is 7.11 Å². The number of rotatable bonds is 3. The van der Waals surface area contributed by atoms with Crippen molar-refractivity contribution in [2.75, 3.05) is 17.7 Å². The predicted octanol–water partition coefficient (Wildman–Crippen LogP) is 2.93. The molecule has 0 aliphatic carbocycles. The molecule has 3 rings (SSSR count). The summed E-state index contributed by atoms with van der Waals surface area (Å²) in [6.07, 6.45) is 0.452. The first-order chi connectivity index (χ1) is 9.24. The van der Waals surface area contributed by atoms with E-state index < -0.39 is 0 Å². The molecule has 0 bridgehead atoms. The summed E-state index contributed by atoms with van der Waals surface area (Å²) in [7, 11) is 1.65. The smallest absolute Gasteiger partial charge is 0.228 e. The Morgan fingerprint density at radius 1 is 1.11 bits per heavy atom. The number of fused-ring (bicyclic) bond motifs is 1. The number of amides is 1. The maximum atomic E-state index is 11.3. The third-order valence-electron chi connectivity index (χ3n) is 3.11. The Bertz CT molecular complexity index is 621. The highest BCUT2D eigenvalue weighted by molar-refractivity contribution is 5.99. The van der Waals surface area contributed by atoms with E-state index in [0.717, 1.165) is 28.4 Å². The van der Waals surface area contributed by atoms with Crippen LogP contribution in [-0.2, 0) is 11.2 Å². The molecular weight excluding hydrogens is 240 g/mol. The van der Waals surface area contributed by atoms with Crippen molar-refractivity contribution in [2.24, 2.45) is 0 Å². The molecule has 0 aromatic heterocycles. The van der Waals surface area contributed by atoms with E-state index in [2.05, 4.69) is 10.6 Å². The second kappa shape index (κ2) is 4.65. The maximum absolute atomic E-state index is 11.3. The van der Waals surface area contributed by atoms with Gasteiger partial charge in [0.15, 0.2) is 0 Å². The molecule has 96 valence electrons. The van der Waals surface area contributed by atoms with Gasteiger partial charge in [-0.2, -0.15) is 0 Å². The molecule has 19 heavy (non-hydrogen) atoms. The molecule has 1 aliphatic heterocycles. The number of hydrogen-bond acceptors (Lipinski definition) is 3. The lowest BCUT2D eigenvalue weighted by Gasteiger charge is -2.08. The van der Waals surface area contributed by atoms with Crippen LogP contribution < -0.4 is 15.4 Å². The summed E-state index contributed by atoms with van der Waals surface area (Å²) in [5.74, 6) is 0.880. The Morgan fingerprint density at radius 2 is 1.84 bits per heavy atom. The first kappa shape index (κ1) is 11.6. The minimum atomic E-state index is 0.0524. The summed E-state index contributed by atoms with van der Waals surface area (Å²) in [5, 5.41) is 6.13. The molecule has 4 heteroatoms. The second-order valence-corrected chi connectivity index (χ2v) is 4.45. The molecule has 0 atom stereocenters. The van der Waals surface area contributed by atoms with E-state index in [-0.39, 0.29) is 5.91 Å². The Balaban J connectivity index is 1.80. The van der Waals surface area contributed by atoms with Gasteiger partial charge in [-0.25, -0.2) is 0 Å². The number of nitrogens with one attached hydrogen (secondary N) is 2. The van der Waals surface area contributed by atoms with Gasteiger partial charge in [0.1, 0.15) is 5.75 Å². The molecule has 2 N–H and O–H groups in total. The van der Waals surface area contributed by atoms with Crippen molar-refractivity contribution in [1.29, 1.82) is 0 Å². The van der Waals surface area contributed by atoms with Crippen molar-refractivity contribution < 1.29 is 9.53 Å². The first-order valence-electron chi connectivity index (χ1n) is 6.08. The summed E-state index contributed by atoms with van der Waals surface area (Å²) < 4.78 is 5.12. The van der Waals surface area contributed by atoms with Crippen LogP contribution in [0.25, 0.3) is 0 Å². The van der Waals surface area contributed by atoms with Gasteiger partial charge in [-0.05, 0) is 48.0 Å². The average Bonchev–Trinajstić information content (AvgIpc) is 2.79. The summed E-state index contributed by atoms with van der Waals surface area (Å²) >= 11 is 0. The molecule has 0 unspecified atom stereocenters. The Morgan fingerprint density at radius 3 is 2.58 bits per heavy atom. The zero-order chi connectivity index (χ0) is 13.2. The number of carbonyl (C=O) groups is 1. The number of methoxy groups -OCH3 is 1. The average molecular weight is 254 g/mol. The highest BCUT2D eigenvalue weighted by Gasteiger charge is 2.17. The van der Waals surface area contributed by atoms with Gasteiger partial charge in [0.2, 0.25) is 5.91 Å². The van der Waals surface area contributed by atoms with Gasteiger partial charge in [0, 0.05) is 17.1 Å². The molecule has 1 heterocycles. The zero-order valence-corrected chi connectivity index (χ0v) is 10.6. The maximum Gasteiger partial charge on any atom is 0.228 e. The molecule has 0 fully saturated rings. The van der Waals surface area contributed by atoms with Crippen molar-refractivity contribution in [2.45, 2.75) is 6.42 Å². The van der Waals surface area contributed by atoms with E-state index in [1.165, 1.54) is 0 Å². The van der Waals surface area contributed by atoms with Crippen LogP contribution in [-0.4, -0.2) is 13.0 Å². The number of anilines is 3. The first-order valence-corrected chi connectivity index (χ1v) is 6.08. The molecule has 4 nitrogen and oxygen atoms in total. The molecule has 0 saturated carbocycles. The molecule has 0 spiro atoms. The van der Waals surface area contributed by atoms with Gasteiger partial charge in [0.05, 0.1) is 13.5 Å². The highest BCUT2D eigenvalue weighted by Crippen LogP contribution is 2.28. The molecule has 1 aliphatic rings. The lowest BCUT2D eigenvalue weighted by molar-refractivity contribution is -0.115. The molecule has 0 radical (unpaired) electrons.